The SMILES string of the molecule is CC1(C)c2ccc(N(c3ccc4ccccc4c3)c3cccc4c3C3(c5ccccc5-c5ccccc53)c3ccccc3-4)cc2-c2c(-c3ccccc3)cccc21. The molecule has 1 spiro atoms. The van der Waals surface area contributed by atoms with Gasteiger partial charge >= 0.3 is 0 Å². The molecule has 1 heteroatoms. The van der Waals surface area contributed by atoms with E-state index in [2.05, 4.69) is 219 Å². The molecule has 9 aromatic rings. The van der Waals surface area contributed by atoms with E-state index in [9.17, 15) is 0 Å². The van der Waals surface area contributed by atoms with Crippen molar-refractivity contribution < 1.29 is 0 Å². The van der Waals surface area contributed by atoms with Gasteiger partial charge in [0.25, 0.3) is 0 Å². The molecular formula is C56H39N. The number of fused-ring (bicyclic) bond motifs is 14. The van der Waals surface area contributed by atoms with Gasteiger partial charge in [0.05, 0.1) is 11.1 Å². The molecule has 0 aliphatic heterocycles. The van der Waals surface area contributed by atoms with Crippen molar-refractivity contribution in [3.8, 4) is 44.5 Å². The van der Waals surface area contributed by atoms with E-state index in [-0.39, 0.29) is 5.41 Å². The average Bonchev–Trinajstić information content (AvgIpc) is 3.83. The standard InChI is InChI=1S/C56H39N/c1-55(2)47-33-32-40(35-46(47)53-41(23-14-28-51(53)55)37-17-4-3-5-18-37)57(39-31-30-36-16-6-7-19-38(36)34-39)52-29-15-24-45-44-22-10-13-27-50(44)56(54(45)52)48-25-11-8-20-42(48)43-21-9-12-26-49(43)56/h3-35H,1-2H3. The molecule has 0 radical (unpaired) electrons. The Balaban J connectivity index is 1.18. The summed E-state index contributed by atoms with van der Waals surface area (Å²) in [4.78, 5) is 2.55. The summed E-state index contributed by atoms with van der Waals surface area (Å²) in [7, 11) is 0. The second-order valence-corrected chi connectivity index (χ2v) is 16.4. The number of rotatable bonds is 4. The Morgan fingerprint density at radius 3 is 1.60 bits per heavy atom. The van der Waals surface area contributed by atoms with E-state index in [1.807, 2.05) is 0 Å². The highest BCUT2D eigenvalue weighted by Gasteiger charge is 2.53. The predicted molar refractivity (Wildman–Crippen MR) is 238 cm³/mol. The minimum Gasteiger partial charge on any atom is -0.310 e. The van der Waals surface area contributed by atoms with Crippen LogP contribution in [0.4, 0.5) is 17.1 Å². The van der Waals surface area contributed by atoms with Gasteiger partial charge in [0.15, 0.2) is 0 Å². The van der Waals surface area contributed by atoms with Crippen molar-refractivity contribution in [1.29, 1.82) is 0 Å². The van der Waals surface area contributed by atoms with Crippen molar-refractivity contribution in [2.75, 3.05) is 4.90 Å². The Hall–Kier alpha value is -6.96. The van der Waals surface area contributed by atoms with Gasteiger partial charge in [-0.1, -0.05) is 184 Å². The topological polar surface area (TPSA) is 3.24 Å². The van der Waals surface area contributed by atoms with Crippen LogP contribution in [-0.4, -0.2) is 0 Å². The van der Waals surface area contributed by atoms with Crippen molar-refractivity contribution in [3.63, 3.8) is 0 Å². The first-order valence-electron chi connectivity index (χ1n) is 20.1. The second kappa shape index (κ2) is 11.8. The van der Waals surface area contributed by atoms with Gasteiger partial charge < -0.3 is 4.90 Å². The zero-order chi connectivity index (χ0) is 37.9. The summed E-state index contributed by atoms with van der Waals surface area (Å²) in [5, 5.41) is 2.46. The summed E-state index contributed by atoms with van der Waals surface area (Å²) in [6.45, 7) is 4.76. The first-order valence-corrected chi connectivity index (χ1v) is 20.1. The molecule has 3 aliphatic carbocycles. The first kappa shape index (κ1) is 32.3. The van der Waals surface area contributed by atoms with Gasteiger partial charge in [0.2, 0.25) is 0 Å². The molecule has 0 aromatic heterocycles. The van der Waals surface area contributed by atoms with Gasteiger partial charge in [-0.05, 0) is 113 Å². The molecule has 0 amide bonds. The van der Waals surface area contributed by atoms with Gasteiger partial charge in [0.1, 0.15) is 0 Å². The number of hydrogen-bond donors (Lipinski definition) is 0. The van der Waals surface area contributed by atoms with Gasteiger partial charge in [-0.3, -0.25) is 0 Å². The molecule has 0 N–H and O–H groups in total. The minimum atomic E-state index is -0.489. The van der Waals surface area contributed by atoms with Crippen molar-refractivity contribution in [2.45, 2.75) is 24.7 Å². The lowest BCUT2D eigenvalue weighted by atomic mass is 9.70. The van der Waals surface area contributed by atoms with Crippen LogP contribution < -0.4 is 4.90 Å². The number of anilines is 3. The molecule has 0 unspecified atom stereocenters. The van der Waals surface area contributed by atoms with E-state index in [1.54, 1.807) is 0 Å². The molecule has 0 fully saturated rings. The molecule has 0 bridgehead atoms. The van der Waals surface area contributed by atoms with Crippen molar-refractivity contribution >= 4 is 27.8 Å². The molecule has 268 valence electrons. The Morgan fingerprint density at radius 2 is 0.877 bits per heavy atom. The predicted octanol–water partition coefficient (Wildman–Crippen LogP) is 14.6. The number of nitrogens with zero attached hydrogens (tertiary/aromatic N) is 1. The lowest BCUT2D eigenvalue weighted by Gasteiger charge is -2.36. The Morgan fingerprint density at radius 1 is 0.351 bits per heavy atom. The van der Waals surface area contributed by atoms with Crippen LogP contribution >= 0.6 is 0 Å². The molecule has 0 atom stereocenters. The van der Waals surface area contributed by atoms with Gasteiger partial charge in [0, 0.05) is 22.4 Å². The maximum atomic E-state index is 2.55. The van der Waals surface area contributed by atoms with Crippen LogP contribution in [0.3, 0.4) is 0 Å². The molecule has 12 rings (SSSR count). The van der Waals surface area contributed by atoms with E-state index in [4.69, 9.17) is 0 Å². The van der Waals surface area contributed by atoms with E-state index in [1.165, 1.54) is 94.3 Å². The third kappa shape index (κ3) is 4.29. The molecule has 9 aromatic carbocycles. The Kier molecular flexibility index (Phi) is 6.67. The summed E-state index contributed by atoms with van der Waals surface area (Å²) in [6, 6.07) is 75.0. The maximum absolute atomic E-state index is 2.55. The molecule has 1 nitrogen and oxygen atoms in total. The average molecular weight is 726 g/mol. The van der Waals surface area contributed by atoms with E-state index in [0.29, 0.717) is 0 Å². The molecule has 3 aliphatic rings. The van der Waals surface area contributed by atoms with Crippen molar-refractivity contribution in [3.05, 3.63) is 234 Å². The molecular weight excluding hydrogens is 687 g/mol. The van der Waals surface area contributed by atoms with Gasteiger partial charge in [-0.2, -0.15) is 0 Å². The Bertz CT molecular complexity index is 3050. The minimum absolute atomic E-state index is 0.140. The summed E-state index contributed by atoms with van der Waals surface area (Å²) < 4.78 is 0. The highest BCUT2D eigenvalue weighted by atomic mass is 15.1. The largest absolute Gasteiger partial charge is 0.310 e. The lowest BCUT2D eigenvalue weighted by Crippen LogP contribution is -2.28. The monoisotopic (exact) mass is 725 g/mol. The third-order valence-corrected chi connectivity index (χ3v) is 13.2. The third-order valence-electron chi connectivity index (χ3n) is 13.2. The summed E-state index contributed by atoms with van der Waals surface area (Å²) in [6.07, 6.45) is 0. The van der Waals surface area contributed by atoms with Crippen molar-refractivity contribution in [2.24, 2.45) is 0 Å². The molecule has 0 heterocycles. The zero-order valence-electron chi connectivity index (χ0n) is 32.0. The summed E-state index contributed by atoms with van der Waals surface area (Å²) >= 11 is 0. The number of hydrogen-bond acceptors (Lipinski definition) is 1. The fourth-order valence-electron chi connectivity index (χ4n) is 10.9. The van der Waals surface area contributed by atoms with Gasteiger partial charge in [-0.15, -0.1) is 0 Å². The lowest BCUT2D eigenvalue weighted by molar-refractivity contribution is 0.660. The van der Waals surface area contributed by atoms with Crippen LogP contribution in [0.15, 0.2) is 200 Å². The zero-order valence-corrected chi connectivity index (χ0v) is 32.0. The van der Waals surface area contributed by atoms with Crippen molar-refractivity contribution in [1.82, 2.24) is 0 Å². The fraction of sp³-hybridized carbons (Fsp3) is 0.0714. The highest BCUT2D eigenvalue weighted by molar-refractivity contribution is 6.01. The molecule has 0 saturated heterocycles. The van der Waals surface area contributed by atoms with E-state index >= 15 is 0 Å². The first-order chi connectivity index (χ1) is 28.0. The molecule has 57 heavy (non-hydrogen) atoms. The fourth-order valence-corrected chi connectivity index (χ4v) is 10.9. The van der Waals surface area contributed by atoms with E-state index < -0.39 is 5.41 Å². The van der Waals surface area contributed by atoms with Crippen LogP contribution in [0, 0.1) is 0 Å². The van der Waals surface area contributed by atoms with Crippen LogP contribution in [-0.2, 0) is 10.8 Å². The Labute approximate surface area is 334 Å². The quantitative estimate of drug-likeness (QED) is 0.175. The molecule has 0 saturated carbocycles. The second-order valence-electron chi connectivity index (χ2n) is 16.4. The maximum Gasteiger partial charge on any atom is 0.0746 e. The van der Waals surface area contributed by atoms with Gasteiger partial charge in [-0.25, -0.2) is 0 Å². The van der Waals surface area contributed by atoms with Crippen LogP contribution in [0.1, 0.15) is 47.2 Å². The van der Waals surface area contributed by atoms with Crippen LogP contribution in [0.2, 0.25) is 0 Å². The van der Waals surface area contributed by atoms with E-state index in [0.717, 1.165) is 11.4 Å². The normalized spacial score (nSPS) is 14.4. The summed E-state index contributed by atoms with van der Waals surface area (Å²) in [5.41, 5.74) is 21.4. The van der Waals surface area contributed by atoms with Crippen LogP contribution in [0.5, 0.6) is 0 Å². The number of benzene rings is 9. The van der Waals surface area contributed by atoms with Crippen LogP contribution in [0.25, 0.3) is 55.3 Å². The highest BCUT2D eigenvalue weighted by Crippen LogP contribution is 2.65. The summed E-state index contributed by atoms with van der Waals surface area (Å²) in [5.74, 6) is 0. The smallest absolute Gasteiger partial charge is 0.0746 e.